The molecule has 21 heteroatoms. The fraction of sp³-hybridized carbons (Fsp3) is 0.750. The first kappa shape index (κ1) is 42.2. The van der Waals surface area contributed by atoms with Gasteiger partial charge in [-0.3, -0.25) is 33.6 Å². The smallest absolute Gasteiger partial charge is 0.303 e. The number of alkyl halides is 3. The third-order valence-electron chi connectivity index (χ3n) is 6.30. The Kier molecular flexibility index (Phi) is 16.2. The molecule has 2 fully saturated rings. The van der Waals surface area contributed by atoms with Crippen LogP contribution in [0.15, 0.2) is 0 Å². The van der Waals surface area contributed by atoms with E-state index >= 15 is 0 Å². The number of halogens is 3. The van der Waals surface area contributed by atoms with Gasteiger partial charge < -0.3 is 52.1 Å². The fourth-order valence-corrected chi connectivity index (χ4v) is 4.97. The van der Waals surface area contributed by atoms with Gasteiger partial charge in [-0.2, -0.15) is 0 Å². The minimum Gasteiger partial charge on any atom is -0.463 e. The second-order valence-corrected chi connectivity index (χ2v) is 13.1. The van der Waals surface area contributed by atoms with Crippen molar-refractivity contribution in [2.75, 3.05) is 19.8 Å². The maximum Gasteiger partial charge on any atom is 0.303 e. The third-order valence-corrected chi connectivity index (χ3v) is 6.62. The molecule has 2 saturated heterocycles. The molecule has 0 spiro atoms. The van der Waals surface area contributed by atoms with Crippen LogP contribution in [0, 0.1) is 0 Å². The van der Waals surface area contributed by atoms with Gasteiger partial charge in [0, 0.05) is 48.5 Å². The summed E-state index contributed by atoms with van der Waals surface area (Å²) >= 11 is 17.5. The van der Waals surface area contributed by atoms with Crippen molar-refractivity contribution >= 4 is 76.6 Å². The van der Waals surface area contributed by atoms with E-state index in [9.17, 15) is 33.6 Å². The summed E-state index contributed by atoms with van der Waals surface area (Å²) in [5, 5.41) is 0. The summed E-state index contributed by atoms with van der Waals surface area (Å²) < 4.78 is 59.1. The zero-order valence-electron chi connectivity index (χ0n) is 27.4. The largest absolute Gasteiger partial charge is 0.463 e. The number of hydrogen-bond donors (Lipinski definition) is 0. The van der Waals surface area contributed by atoms with Crippen molar-refractivity contribution in [1.29, 1.82) is 0 Å². The Morgan fingerprint density at radius 1 is 0.490 bits per heavy atom. The zero-order valence-corrected chi connectivity index (χ0v) is 29.6. The van der Waals surface area contributed by atoms with Crippen LogP contribution in [-0.2, 0) is 85.7 Å². The molecule has 0 radical (unpaired) electrons. The van der Waals surface area contributed by atoms with Gasteiger partial charge in [0.15, 0.2) is 43.1 Å². The van der Waals surface area contributed by atoms with E-state index in [2.05, 4.69) is 0 Å². The molecule has 0 amide bonds. The second-order valence-electron chi connectivity index (χ2n) is 10.6. The number of ether oxygens (including phenoxy) is 11. The van der Waals surface area contributed by atoms with Gasteiger partial charge in [-0.1, -0.05) is 34.8 Å². The highest BCUT2D eigenvalue weighted by molar-refractivity contribution is 6.67. The van der Waals surface area contributed by atoms with Crippen molar-refractivity contribution in [2.45, 2.75) is 114 Å². The SMILES string of the molecule is CC(=O)OC[C@H]1O[C@@H](O[C@H]2[C@H](OC(C)=O)[C@@H](OC(C)=O)[C@H](OCC(Cl)(Cl)Cl)O[C@@H]2COC(C)=O)[C@H](OC(C)=O)[C@@H](OC(C)=O)[C@H]1OC(C)=O. The summed E-state index contributed by atoms with van der Waals surface area (Å²) in [6, 6.07) is 0. The van der Waals surface area contributed by atoms with Crippen LogP contribution in [-0.4, -0.2) is 127 Å². The first-order chi connectivity index (χ1) is 22.7. The summed E-state index contributed by atoms with van der Waals surface area (Å²) in [5.74, 6) is -6.10. The molecule has 10 atom stereocenters. The quantitative estimate of drug-likeness (QED) is 0.145. The molecule has 2 aliphatic heterocycles. The molecular formula is C28H37Cl3O18. The molecule has 0 aromatic heterocycles. The summed E-state index contributed by atoms with van der Waals surface area (Å²) in [4.78, 5) is 84.8. The Morgan fingerprint density at radius 2 is 0.837 bits per heavy atom. The molecule has 18 nitrogen and oxygen atoms in total. The van der Waals surface area contributed by atoms with E-state index in [1.165, 1.54) is 0 Å². The molecule has 0 aromatic rings. The van der Waals surface area contributed by atoms with Crippen molar-refractivity contribution < 1.29 is 85.7 Å². The van der Waals surface area contributed by atoms with Crippen LogP contribution < -0.4 is 0 Å². The predicted octanol–water partition coefficient (Wildman–Crippen LogP) is 0.993. The molecular weight excluding hydrogens is 731 g/mol. The predicted molar refractivity (Wildman–Crippen MR) is 159 cm³/mol. The average Bonchev–Trinajstić information content (AvgIpc) is 2.93. The molecule has 0 unspecified atom stereocenters. The average molecular weight is 768 g/mol. The van der Waals surface area contributed by atoms with Crippen LogP contribution in [0.1, 0.15) is 48.5 Å². The maximum absolute atomic E-state index is 12.4. The van der Waals surface area contributed by atoms with Gasteiger partial charge in [-0.05, 0) is 0 Å². The highest BCUT2D eigenvalue weighted by Crippen LogP contribution is 2.36. The van der Waals surface area contributed by atoms with E-state index in [-0.39, 0.29) is 0 Å². The van der Waals surface area contributed by atoms with Crippen LogP contribution in [0.25, 0.3) is 0 Å². The Hall–Kier alpha value is -3.00. The lowest BCUT2D eigenvalue weighted by Gasteiger charge is -2.48. The zero-order chi connectivity index (χ0) is 37.2. The molecule has 0 bridgehead atoms. The van der Waals surface area contributed by atoms with Crippen LogP contribution in [0.5, 0.6) is 0 Å². The highest BCUT2D eigenvalue weighted by atomic mass is 35.6. The van der Waals surface area contributed by atoms with Crippen LogP contribution >= 0.6 is 34.8 Å². The van der Waals surface area contributed by atoms with Gasteiger partial charge in [0.2, 0.25) is 3.79 Å². The number of hydrogen-bond acceptors (Lipinski definition) is 18. The number of carbonyl (C=O) groups excluding carboxylic acids is 7. The number of rotatable bonds is 13. The first-order valence-electron chi connectivity index (χ1n) is 14.5. The maximum atomic E-state index is 12.4. The summed E-state index contributed by atoms with van der Waals surface area (Å²) in [7, 11) is 0. The normalized spacial score (nSPS) is 29.8. The monoisotopic (exact) mass is 766 g/mol. The van der Waals surface area contributed by atoms with E-state index in [1.807, 2.05) is 0 Å². The first-order valence-corrected chi connectivity index (χ1v) is 15.6. The van der Waals surface area contributed by atoms with E-state index in [0.29, 0.717) is 0 Å². The Balaban J connectivity index is 2.73. The lowest BCUT2D eigenvalue weighted by atomic mass is 9.96. The molecule has 49 heavy (non-hydrogen) atoms. The molecule has 0 aliphatic carbocycles. The third kappa shape index (κ3) is 14.0. The van der Waals surface area contributed by atoms with E-state index in [1.54, 1.807) is 0 Å². The molecule has 2 rings (SSSR count). The molecule has 0 aromatic carbocycles. The fourth-order valence-electron chi connectivity index (χ4n) is 4.78. The van der Waals surface area contributed by atoms with Gasteiger partial charge >= 0.3 is 41.8 Å². The topological polar surface area (TPSA) is 221 Å². The van der Waals surface area contributed by atoms with Crippen molar-refractivity contribution in [3.8, 4) is 0 Å². The molecule has 2 heterocycles. The Morgan fingerprint density at radius 3 is 1.24 bits per heavy atom. The van der Waals surface area contributed by atoms with E-state index < -0.39 is 127 Å². The van der Waals surface area contributed by atoms with Crippen molar-refractivity contribution in [1.82, 2.24) is 0 Å². The molecule has 2 aliphatic rings. The Labute approximate surface area is 295 Å². The number of carbonyl (C=O) groups is 7. The minimum atomic E-state index is -1.99. The highest BCUT2D eigenvalue weighted by Gasteiger charge is 2.57. The van der Waals surface area contributed by atoms with Crippen molar-refractivity contribution in [3.05, 3.63) is 0 Å². The van der Waals surface area contributed by atoms with Crippen LogP contribution in [0.2, 0.25) is 0 Å². The van der Waals surface area contributed by atoms with Crippen LogP contribution in [0.3, 0.4) is 0 Å². The van der Waals surface area contributed by atoms with Gasteiger partial charge in [0.1, 0.15) is 31.5 Å². The number of esters is 7. The molecule has 0 saturated carbocycles. The van der Waals surface area contributed by atoms with Crippen LogP contribution in [0.4, 0.5) is 0 Å². The summed E-state index contributed by atoms with van der Waals surface area (Å²) in [5.41, 5.74) is 0. The van der Waals surface area contributed by atoms with Crippen molar-refractivity contribution in [2.24, 2.45) is 0 Å². The minimum absolute atomic E-state index is 0.591. The summed E-state index contributed by atoms with van der Waals surface area (Å²) in [6.07, 6.45) is -16.2. The second kappa shape index (κ2) is 18.8. The van der Waals surface area contributed by atoms with Gasteiger partial charge in [-0.25, -0.2) is 0 Å². The standard InChI is InChI=1S/C28H37Cl3O18/c1-11(32)39-8-18-20(42-13(3)34)22(43-14(4)35)25(46-17(7)38)27(48-18)49-21-19(9-40-12(2)33)47-26(41-10-28(29,30)31)24(45-16(6)37)23(21)44-15(5)36/h18-27H,8-10H2,1-7H3/t18-,19-,20+,21-,22+,23+,24-,25-,26-,27+/m1/s1. The van der Waals surface area contributed by atoms with Gasteiger partial charge in [0.25, 0.3) is 0 Å². The van der Waals surface area contributed by atoms with Gasteiger partial charge in [0.05, 0.1) is 6.61 Å². The van der Waals surface area contributed by atoms with E-state index in [0.717, 1.165) is 48.5 Å². The van der Waals surface area contributed by atoms with Crippen molar-refractivity contribution in [3.63, 3.8) is 0 Å². The Bertz CT molecular complexity index is 1220. The van der Waals surface area contributed by atoms with Gasteiger partial charge in [-0.15, -0.1) is 0 Å². The lowest BCUT2D eigenvalue weighted by molar-refractivity contribution is -0.361. The summed E-state index contributed by atoms with van der Waals surface area (Å²) in [6.45, 7) is 5.45. The lowest BCUT2D eigenvalue weighted by Crippen LogP contribution is -2.67. The van der Waals surface area contributed by atoms with E-state index in [4.69, 9.17) is 86.9 Å². The molecule has 0 N–H and O–H groups in total. The molecule has 278 valence electrons.